The van der Waals surface area contributed by atoms with E-state index in [-0.39, 0.29) is 6.54 Å². The highest BCUT2D eigenvalue weighted by Gasteiger charge is 2.35. The van der Waals surface area contributed by atoms with Crippen molar-refractivity contribution in [1.29, 1.82) is 0 Å². The van der Waals surface area contributed by atoms with Crippen LogP contribution in [0.25, 0.3) is 38.0 Å². The number of amides is 2. The number of carbonyl (C=O) groups excluding carboxylic acids is 2. The van der Waals surface area contributed by atoms with Gasteiger partial charge in [0.1, 0.15) is 0 Å². The van der Waals surface area contributed by atoms with Crippen molar-refractivity contribution in [2.75, 3.05) is 0 Å². The number of rotatable bonds is 4. The van der Waals surface area contributed by atoms with Gasteiger partial charge in [0.05, 0.1) is 47.2 Å². The molecule has 0 saturated heterocycles. The van der Waals surface area contributed by atoms with Crippen LogP contribution in [0.4, 0.5) is 5.69 Å². The molecule has 3 aromatic carbocycles. The molecule has 5 aromatic rings. The summed E-state index contributed by atoms with van der Waals surface area (Å²) in [4.78, 5) is 43.3. The molecule has 0 aliphatic carbocycles. The van der Waals surface area contributed by atoms with Crippen molar-refractivity contribution in [2.45, 2.75) is 6.54 Å². The van der Waals surface area contributed by atoms with Crippen LogP contribution >= 0.6 is 11.6 Å². The van der Waals surface area contributed by atoms with Crippen molar-refractivity contribution in [3.05, 3.63) is 110 Å². The highest BCUT2D eigenvalue weighted by molar-refractivity contribution is 6.31. The molecular formula is C28H17ClN6O3. The number of aromatic nitrogens is 4. The second-order valence-corrected chi connectivity index (χ2v) is 9.24. The zero-order valence-corrected chi connectivity index (χ0v) is 20.7. The number of nitrogens with zero attached hydrogens (tertiary/aromatic N) is 5. The number of hydrogen-bond donors (Lipinski definition) is 1. The second kappa shape index (κ2) is 8.80. The number of H-pyrrole nitrogens is 1. The lowest BCUT2D eigenvalue weighted by Crippen LogP contribution is -2.30. The van der Waals surface area contributed by atoms with E-state index in [1.165, 1.54) is 0 Å². The van der Waals surface area contributed by atoms with E-state index in [0.29, 0.717) is 49.6 Å². The maximum atomic E-state index is 13.0. The van der Waals surface area contributed by atoms with Gasteiger partial charge in [0, 0.05) is 28.6 Å². The summed E-state index contributed by atoms with van der Waals surface area (Å²) in [5, 5.41) is 12.4. The number of nitrogens with one attached hydrogen (secondary N) is 1. The van der Waals surface area contributed by atoms with Crippen molar-refractivity contribution < 1.29 is 9.59 Å². The summed E-state index contributed by atoms with van der Waals surface area (Å²) in [5.74, 6) is -0.821. The van der Waals surface area contributed by atoms with Crippen LogP contribution in [0.2, 0.25) is 5.02 Å². The first-order valence-electron chi connectivity index (χ1n) is 11.5. The zero-order chi connectivity index (χ0) is 26.6. The summed E-state index contributed by atoms with van der Waals surface area (Å²) in [6, 6.07) is 17.0. The minimum Gasteiger partial charge on any atom is -0.269 e. The number of aromatic amines is 1. The Morgan fingerprint density at radius 2 is 1.66 bits per heavy atom. The van der Waals surface area contributed by atoms with Crippen molar-refractivity contribution >= 4 is 39.9 Å². The molecule has 0 saturated carbocycles. The summed E-state index contributed by atoms with van der Waals surface area (Å²) in [7, 11) is 1.78. The monoisotopic (exact) mass is 520 g/mol. The maximum absolute atomic E-state index is 13.0. The number of halogens is 1. The molecule has 0 spiro atoms. The molecule has 0 fully saturated rings. The quantitative estimate of drug-likeness (QED) is 0.265. The van der Waals surface area contributed by atoms with Crippen molar-refractivity contribution in [3.8, 4) is 22.4 Å². The largest absolute Gasteiger partial charge is 0.272 e. The van der Waals surface area contributed by atoms with Crippen molar-refractivity contribution in [2.24, 2.45) is 7.05 Å². The van der Waals surface area contributed by atoms with Crippen LogP contribution in [0.1, 0.15) is 26.4 Å². The standard InChI is InChI=1S/C28H17ClN6O3/c1-30-23-12-16(29)8-10-20(23)25-22(13-31-34(25)2)15-7-9-17-21(11-15)24(32-33-26(17)36)14-35-27(37)18-5-3-4-6-19(18)28(35)38/h3-13H,14H2,2H3,(H,33,36). The smallest absolute Gasteiger partial charge is 0.269 e. The minimum atomic E-state index is -0.410. The highest BCUT2D eigenvalue weighted by Crippen LogP contribution is 2.39. The van der Waals surface area contributed by atoms with Crippen LogP contribution in [0.15, 0.2) is 71.7 Å². The summed E-state index contributed by atoms with van der Waals surface area (Å²) < 4.78 is 1.67. The van der Waals surface area contributed by atoms with Gasteiger partial charge in [-0.15, -0.1) is 0 Å². The molecule has 10 heteroatoms. The Morgan fingerprint density at radius 3 is 2.37 bits per heavy atom. The summed E-state index contributed by atoms with van der Waals surface area (Å²) in [5.41, 5.74) is 3.85. The number of aryl methyl sites for hydroxylation is 1. The lowest BCUT2D eigenvalue weighted by Gasteiger charge is -2.15. The number of benzene rings is 3. The fourth-order valence-corrected chi connectivity index (χ4v) is 4.97. The molecule has 0 radical (unpaired) electrons. The van der Waals surface area contributed by atoms with Crippen molar-refractivity contribution in [1.82, 2.24) is 24.9 Å². The molecule has 2 amide bonds. The molecule has 3 heterocycles. The first kappa shape index (κ1) is 23.3. The van der Waals surface area contributed by atoms with E-state index in [4.69, 9.17) is 18.2 Å². The van der Waals surface area contributed by atoms with E-state index in [2.05, 4.69) is 20.1 Å². The van der Waals surface area contributed by atoms with Crippen LogP contribution in [-0.2, 0) is 13.6 Å². The van der Waals surface area contributed by atoms with E-state index < -0.39 is 17.4 Å². The Hall–Kier alpha value is -5.07. The maximum Gasteiger partial charge on any atom is 0.272 e. The fraction of sp³-hybridized carbons (Fsp3) is 0.0714. The topological polar surface area (TPSA) is 105 Å². The zero-order valence-electron chi connectivity index (χ0n) is 19.9. The lowest BCUT2D eigenvalue weighted by atomic mass is 9.98. The van der Waals surface area contributed by atoms with E-state index >= 15 is 0 Å². The van der Waals surface area contributed by atoms with E-state index in [1.54, 1.807) is 78.6 Å². The molecule has 9 nitrogen and oxygen atoms in total. The van der Waals surface area contributed by atoms with Crippen LogP contribution in [-0.4, -0.2) is 36.7 Å². The van der Waals surface area contributed by atoms with Crippen LogP contribution in [0.5, 0.6) is 0 Å². The Labute approximate surface area is 220 Å². The molecule has 1 aliphatic heterocycles. The first-order valence-corrected chi connectivity index (χ1v) is 11.9. The third-order valence-electron chi connectivity index (χ3n) is 6.64. The average molecular weight is 521 g/mol. The fourth-order valence-electron chi connectivity index (χ4n) is 4.81. The molecule has 0 atom stereocenters. The second-order valence-electron chi connectivity index (χ2n) is 8.81. The van der Waals surface area contributed by atoms with Gasteiger partial charge >= 0.3 is 0 Å². The average Bonchev–Trinajstić information content (AvgIpc) is 3.43. The van der Waals surface area contributed by atoms with Crippen LogP contribution < -0.4 is 5.56 Å². The molecule has 0 unspecified atom stereocenters. The van der Waals surface area contributed by atoms with Gasteiger partial charge in [-0.2, -0.15) is 10.2 Å². The van der Waals surface area contributed by atoms with Gasteiger partial charge in [0.15, 0.2) is 5.69 Å². The van der Waals surface area contributed by atoms with Gasteiger partial charge in [0.25, 0.3) is 17.4 Å². The predicted molar refractivity (Wildman–Crippen MR) is 142 cm³/mol. The summed E-state index contributed by atoms with van der Waals surface area (Å²) in [6.45, 7) is 7.50. The van der Waals surface area contributed by atoms with Crippen LogP contribution in [0, 0.1) is 6.57 Å². The summed E-state index contributed by atoms with van der Waals surface area (Å²) >= 11 is 6.11. The predicted octanol–water partition coefficient (Wildman–Crippen LogP) is 4.99. The normalized spacial score (nSPS) is 12.7. The van der Waals surface area contributed by atoms with Gasteiger partial charge in [-0.05, 0) is 42.0 Å². The third kappa shape index (κ3) is 3.58. The minimum absolute atomic E-state index is 0.109. The number of fused-ring (bicyclic) bond motifs is 2. The van der Waals surface area contributed by atoms with Gasteiger partial charge in [-0.1, -0.05) is 35.9 Å². The van der Waals surface area contributed by atoms with Gasteiger partial charge in [-0.3, -0.25) is 24.0 Å². The van der Waals surface area contributed by atoms with E-state index in [1.807, 2.05) is 0 Å². The lowest BCUT2D eigenvalue weighted by molar-refractivity contribution is 0.0640. The van der Waals surface area contributed by atoms with Crippen LogP contribution in [0.3, 0.4) is 0 Å². The number of imide groups is 1. The Balaban J connectivity index is 1.48. The third-order valence-corrected chi connectivity index (χ3v) is 6.87. The van der Waals surface area contributed by atoms with E-state index in [0.717, 1.165) is 16.0 Å². The molecule has 1 N–H and O–H groups in total. The molecule has 184 valence electrons. The Morgan fingerprint density at radius 1 is 0.921 bits per heavy atom. The first-order chi connectivity index (χ1) is 18.4. The Bertz CT molecular complexity index is 1880. The van der Waals surface area contributed by atoms with E-state index in [9.17, 15) is 14.4 Å². The Kier molecular flexibility index (Phi) is 5.40. The van der Waals surface area contributed by atoms with Gasteiger partial charge in [0.2, 0.25) is 0 Å². The molecule has 2 aromatic heterocycles. The molecule has 6 rings (SSSR count). The SMILES string of the molecule is [C-]#[N+]c1cc(Cl)ccc1-c1c(-c2ccc3c(=O)[nH]nc(CN4C(=O)c5ccccc5C4=O)c3c2)cnn1C. The van der Waals surface area contributed by atoms with Gasteiger partial charge < -0.3 is 0 Å². The highest BCUT2D eigenvalue weighted by atomic mass is 35.5. The molecule has 1 aliphatic rings. The summed E-state index contributed by atoms with van der Waals surface area (Å²) in [6.07, 6.45) is 1.68. The van der Waals surface area contributed by atoms with Gasteiger partial charge in [-0.25, -0.2) is 9.94 Å². The number of carbonyl (C=O) groups is 2. The molecule has 38 heavy (non-hydrogen) atoms. The number of hydrogen-bond acceptors (Lipinski definition) is 5. The molecular weight excluding hydrogens is 504 g/mol. The molecule has 0 bridgehead atoms. The van der Waals surface area contributed by atoms with Crippen molar-refractivity contribution in [3.63, 3.8) is 0 Å².